The Labute approximate surface area is 153 Å². The van der Waals surface area contributed by atoms with E-state index in [1.807, 2.05) is 57.5 Å². The number of carbonyl (C=O) groups excluding carboxylic acids is 1. The van der Waals surface area contributed by atoms with Crippen molar-refractivity contribution < 1.29 is 9.53 Å². The van der Waals surface area contributed by atoms with Gasteiger partial charge >= 0.3 is 6.09 Å². The number of rotatable bonds is 4. The minimum atomic E-state index is -0.489. The highest BCUT2D eigenvalue weighted by Crippen LogP contribution is 2.27. The van der Waals surface area contributed by atoms with Gasteiger partial charge in [-0.05, 0) is 51.0 Å². The predicted molar refractivity (Wildman–Crippen MR) is 106 cm³/mol. The van der Waals surface area contributed by atoms with Gasteiger partial charge in [0.25, 0.3) is 0 Å². The molecule has 136 valence electrons. The number of hydrogen-bond acceptors (Lipinski definition) is 3. The molecule has 1 amide bonds. The summed E-state index contributed by atoms with van der Waals surface area (Å²) in [6.07, 6.45) is 12.3. The molecule has 2 aromatic rings. The summed E-state index contributed by atoms with van der Waals surface area (Å²) in [6.45, 7) is 6.08. The normalized spacial score (nSPS) is 13.9. The topological polar surface area (TPSA) is 66.1 Å². The second-order valence-corrected chi connectivity index (χ2v) is 7.19. The van der Waals surface area contributed by atoms with E-state index in [0.717, 1.165) is 28.8 Å². The van der Waals surface area contributed by atoms with E-state index in [-0.39, 0.29) is 6.09 Å². The summed E-state index contributed by atoms with van der Waals surface area (Å²) in [7, 11) is 0. The minimum Gasteiger partial charge on any atom is -0.444 e. The van der Waals surface area contributed by atoms with Crippen LogP contribution in [0, 0.1) is 0 Å². The van der Waals surface area contributed by atoms with Crippen LogP contribution in [0.15, 0.2) is 54.9 Å². The quantitative estimate of drug-likeness (QED) is 0.771. The first-order chi connectivity index (χ1) is 12.4. The van der Waals surface area contributed by atoms with Gasteiger partial charge in [-0.1, -0.05) is 24.3 Å². The fraction of sp³-hybridized carbons (Fsp3) is 0.286. The fourth-order valence-electron chi connectivity index (χ4n) is 2.92. The van der Waals surface area contributed by atoms with Gasteiger partial charge in [0, 0.05) is 41.1 Å². The molecule has 0 spiro atoms. The first kappa shape index (κ1) is 17.9. The minimum absolute atomic E-state index is 0.388. The molecule has 0 saturated carbocycles. The maximum atomic E-state index is 11.8. The number of benzene rings is 1. The zero-order valence-electron chi connectivity index (χ0n) is 15.4. The summed E-state index contributed by atoms with van der Waals surface area (Å²) < 4.78 is 5.29. The van der Waals surface area contributed by atoms with Crippen molar-refractivity contribution in [3.05, 3.63) is 66.0 Å². The van der Waals surface area contributed by atoms with Gasteiger partial charge in [-0.15, -0.1) is 0 Å². The Balaban J connectivity index is 1.77. The summed E-state index contributed by atoms with van der Waals surface area (Å²) in [5.74, 6) is 0. The Morgan fingerprint density at radius 3 is 2.85 bits per heavy atom. The first-order valence-corrected chi connectivity index (χ1v) is 8.80. The molecule has 0 fully saturated rings. The summed E-state index contributed by atoms with van der Waals surface area (Å²) in [5, 5.41) is 7.31. The number of H-pyrrole nitrogens is 1. The molecule has 0 saturated heterocycles. The number of hydrogen-bond donors (Lipinski definition) is 3. The zero-order chi connectivity index (χ0) is 18.6. The van der Waals surface area contributed by atoms with E-state index >= 15 is 0 Å². The van der Waals surface area contributed by atoms with Crippen LogP contribution in [0.1, 0.15) is 31.9 Å². The van der Waals surface area contributed by atoms with Gasteiger partial charge in [0.15, 0.2) is 0 Å². The predicted octanol–water partition coefficient (Wildman–Crippen LogP) is 4.25. The molecule has 0 bridgehead atoms. The van der Waals surface area contributed by atoms with Gasteiger partial charge in [-0.2, -0.15) is 0 Å². The third-order valence-electron chi connectivity index (χ3n) is 3.96. The molecule has 0 atom stereocenters. The van der Waals surface area contributed by atoms with Crippen molar-refractivity contribution in [3.63, 3.8) is 0 Å². The number of alkyl carbamates (subject to hydrolysis) is 1. The third kappa shape index (κ3) is 4.36. The lowest BCUT2D eigenvalue weighted by molar-refractivity contribution is 0.0528. The second-order valence-electron chi connectivity index (χ2n) is 7.19. The van der Waals surface area contributed by atoms with E-state index in [4.69, 9.17) is 4.74 Å². The Bertz CT molecular complexity index is 882. The summed E-state index contributed by atoms with van der Waals surface area (Å²) >= 11 is 0. The Hall–Kier alpha value is -2.95. The highest BCUT2D eigenvalue weighted by molar-refractivity contribution is 5.95. The van der Waals surface area contributed by atoms with Crippen molar-refractivity contribution in [3.8, 4) is 0 Å². The SMILES string of the molecule is CC(C)(C)OC(=O)NCCc1c[nH]c2cccc(C3=CC=CC=CN3)c12. The Morgan fingerprint density at radius 2 is 2.04 bits per heavy atom. The lowest BCUT2D eigenvalue weighted by Crippen LogP contribution is -2.33. The van der Waals surface area contributed by atoms with E-state index < -0.39 is 5.60 Å². The molecular weight excluding hydrogens is 326 g/mol. The average molecular weight is 351 g/mol. The van der Waals surface area contributed by atoms with Gasteiger partial charge in [-0.25, -0.2) is 4.79 Å². The molecule has 5 heteroatoms. The van der Waals surface area contributed by atoms with E-state index in [0.29, 0.717) is 6.54 Å². The van der Waals surface area contributed by atoms with Crippen molar-refractivity contribution >= 4 is 22.7 Å². The number of carbonyl (C=O) groups is 1. The smallest absolute Gasteiger partial charge is 0.407 e. The molecule has 2 heterocycles. The van der Waals surface area contributed by atoms with Crippen molar-refractivity contribution in [1.82, 2.24) is 15.6 Å². The molecule has 5 nitrogen and oxygen atoms in total. The highest BCUT2D eigenvalue weighted by atomic mass is 16.6. The van der Waals surface area contributed by atoms with E-state index in [1.54, 1.807) is 0 Å². The van der Waals surface area contributed by atoms with Crippen LogP contribution < -0.4 is 10.6 Å². The number of allylic oxidation sites excluding steroid dienone is 4. The maximum absolute atomic E-state index is 11.8. The lowest BCUT2D eigenvalue weighted by Gasteiger charge is -2.19. The number of nitrogens with one attached hydrogen (secondary N) is 3. The van der Waals surface area contributed by atoms with E-state index in [9.17, 15) is 4.79 Å². The molecular formula is C21H25N3O2. The summed E-state index contributed by atoms with van der Waals surface area (Å²) in [6, 6.07) is 6.21. The van der Waals surface area contributed by atoms with Crippen LogP contribution >= 0.6 is 0 Å². The van der Waals surface area contributed by atoms with E-state index in [2.05, 4.69) is 33.8 Å². The van der Waals surface area contributed by atoms with Crippen LogP contribution in [0.5, 0.6) is 0 Å². The van der Waals surface area contributed by atoms with Gasteiger partial charge < -0.3 is 20.4 Å². The Morgan fingerprint density at radius 1 is 1.19 bits per heavy atom. The fourth-order valence-corrected chi connectivity index (χ4v) is 2.92. The van der Waals surface area contributed by atoms with Crippen LogP contribution in [0.25, 0.3) is 16.6 Å². The third-order valence-corrected chi connectivity index (χ3v) is 3.96. The number of aromatic amines is 1. The van der Waals surface area contributed by atoms with Crippen molar-refractivity contribution in [2.24, 2.45) is 0 Å². The second kappa shape index (κ2) is 7.52. The van der Waals surface area contributed by atoms with Gasteiger partial charge in [0.05, 0.1) is 0 Å². The molecule has 1 aromatic heterocycles. The number of amides is 1. The molecule has 3 rings (SSSR count). The molecule has 26 heavy (non-hydrogen) atoms. The van der Waals surface area contributed by atoms with Crippen molar-refractivity contribution in [1.29, 1.82) is 0 Å². The molecule has 1 aromatic carbocycles. The van der Waals surface area contributed by atoms with Crippen molar-refractivity contribution in [2.45, 2.75) is 32.8 Å². The molecule has 1 aliphatic heterocycles. The van der Waals surface area contributed by atoms with Crippen LogP contribution in [-0.2, 0) is 11.2 Å². The molecule has 0 aliphatic carbocycles. The van der Waals surface area contributed by atoms with Gasteiger partial charge in [0.1, 0.15) is 5.60 Å². The van der Waals surface area contributed by atoms with Crippen LogP contribution in [0.2, 0.25) is 0 Å². The molecule has 0 unspecified atom stereocenters. The molecule has 1 aliphatic rings. The monoisotopic (exact) mass is 351 g/mol. The standard InChI is InChI=1S/C21H25N3O2/c1-21(2,3)26-20(25)23-13-11-15-14-24-18-10-7-8-16(19(15)18)17-9-5-4-6-12-22-17/h4-10,12,14,22,24H,11,13H2,1-3H3,(H,23,25). The highest BCUT2D eigenvalue weighted by Gasteiger charge is 2.16. The molecule has 0 radical (unpaired) electrons. The number of ether oxygens (including phenoxy) is 1. The van der Waals surface area contributed by atoms with Crippen LogP contribution in [-0.4, -0.2) is 23.2 Å². The largest absolute Gasteiger partial charge is 0.444 e. The van der Waals surface area contributed by atoms with Crippen LogP contribution in [0.4, 0.5) is 4.79 Å². The lowest BCUT2D eigenvalue weighted by atomic mass is 10.0. The molecule has 3 N–H and O–H groups in total. The summed E-state index contributed by atoms with van der Waals surface area (Å²) in [4.78, 5) is 15.2. The average Bonchev–Trinajstić information content (AvgIpc) is 2.79. The van der Waals surface area contributed by atoms with E-state index in [1.165, 1.54) is 5.39 Å². The zero-order valence-corrected chi connectivity index (χ0v) is 15.4. The van der Waals surface area contributed by atoms with Gasteiger partial charge in [-0.3, -0.25) is 0 Å². The maximum Gasteiger partial charge on any atom is 0.407 e. The number of fused-ring (bicyclic) bond motifs is 1. The van der Waals surface area contributed by atoms with Crippen LogP contribution in [0.3, 0.4) is 0 Å². The Kier molecular flexibility index (Phi) is 5.16. The first-order valence-electron chi connectivity index (χ1n) is 8.80. The summed E-state index contributed by atoms with van der Waals surface area (Å²) in [5.41, 5.74) is 3.92. The van der Waals surface area contributed by atoms with Crippen molar-refractivity contribution in [2.75, 3.05) is 6.54 Å². The number of aromatic nitrogens is 1. The van der Waals surface area contributed by atoms with Gasteiger partial charge in [0.2, 0.25) is 0 Å².